The molecule has 1 fully saturated rings. The summed E-state index contributed by atoms with van der Waals surface area (Å²) < 4.78 is 32.6. The quantitative estimate of drug-likeness (QED) is 0.430. The van der Waals surface area contributed by atoms with Crippen LogP contribution in [0.5, 0.6) is 5.75 Å². The average molecular weight is 495 g/mol. The van der Waals surface area contributed by atoms with Gasteiger partial charge < -0.3 is 15.0 Å². The molecule has 1 aromatic carbocycles. The molecular weight excluding hydrogens is 468 g/mol. The van der Waals surface area contributed by atoms with Crippen molar-refractivity contribution < 1.29 is 13.2 Å². The van der Waals surface area contributed by atoms with Crippen molar-refractivity contribution in [3.8, 4) is 16.9 Å². The number of ether oxygens (including phenoxy) is 1. The third kappa shape index (κ3) is 4.75. The third-order valence-corrected chi connectivity index (χ3v) is 7.28. The summed E-state index contributed by atoms with van der Waals surface area (Å²) in [7, 11) is 0.288. The minimum Gasteiger partial charge on any atom is -0.495 e. The van der Waals surface area contributed by atoms with E-state index < -0.39 is 10.0 Å². The lowest BCUT2D eigenvalue weighted by atomic mass is 10.1. The maximum Gasteiger partial charge on any atom is 0.227 e. The number of nitrogens with one attached hydrogen (secondary N) is 1. The standard InChI is InChI=1S/C23H26N8O3S/c1-29-15-18(14-26-29)16-4-5-19(20(12-16)34-2)27-23-25-13-17-6-7-24-22(21(17)28-23)30-8-10-31(11-9-30)35(3,32)33/h4-7,12-15H,8-11H2,1-3H3,(H,25,27,28). The molecule has 12 heteroatoms. The molecule has 11 nitrogen and oxygen atoms in total. The lowest BCUT2D eigenvalue weighted by molar-refractivity contribution is 0.387. The molecule has 0 amide bonds. The number of benzene rings is 1. The normalized spacial score (nSPS) is 14.9. The molecule has 4 heterocycles. The van der Waals surface area contributed by atoms with Gasteiger partial charge in [0.15, 0.2) is 5.82 Å². The molecule has 0 atom stereocenters. The van der Waals surface area contributed by atoms with E-state index in [0.717, 1.165) is 22.2 Å². The SMILES string of the molecule is COc1cc(-c2cnn(C)c2)ccc1Nc1ncc2ccnc(N3CCN(S(C)(=O)=O)CC3)c2n1. The molecule has 0 bridgehead atoms. The summed E-state index contributed by atoms with van der Waals surface area (Å²) in [5.41, 5.74) is 3.40. The smallest absolute Gasteiger partial charge is 0.227 e. The number of piperazine rings is 1. The van der Waals surface area contributed by atoms with Crippen molar-refractivity contribution in [1.82, 2.24) is 29.0 Å². The Morgan fingerprint density at radius 1 is 1.03 bits per heavy atom. The summed E-state index contributed by atoms with van der Waals surface area (Å²) in [6.45, 7) is 1.90. The number of rotatable bonds is 6. The van der Waals surface area contributed by atoms with Crippen LogP contribution < -0.4 is 15.0 Å². The van der Waals surface area contributed by atoms with Crippen LogP contribution in [0.3, 0.4) is 0 Å². The summed E-state index contributed by atoms with van der Waals surface area (Å²) in [5.74, 6) is 1.77. The molecule has 0 saturated carbocycles. The molecule has 0 spiro atoms. The molecule has 3 aromatic heterocycles. The molecule has 5 rings (SSSR count). The van der Waals surface area contributed by atoms with E-state index in [1.165, 1.54) is 10.6 Å². The van der Waals surface area contributed by atoms with Crippen LogP contribution in [0.1, 0.15) is 0 Å². The summed E-state index contributed by atoms with van der Waals surface area (Å²) in [4.78, 5) is 15.8. The highest BCUT2D eigenvalue weighted by molar-refractivity contribution is 7.88. The van der Waals surface area contributed by atoms with Gasteiger partial charge in [0.1, 0.15) is 11.3 Å². The summed E-state index contributed by atoms with van der Waals surface area (Å²) in [6, 6.07) is 7.70. The van der Waals surface area contributed by atoms with Crippen LogP contribution in [0.15, 0.2) is 49.1 Å². The number of sulfonamides is 1. The number of aromatic nitrogens is 5. The molecule has 1 aliphatic heterocycles. The zero-order valence-corrected chi connectivity index (χ0v) is 20.5. The number of hydrogen-bond donors (Lipinski definition) is 1. The number of fused-ring (bicyclic) bond motifs is 1. The fraction of sp³-hybridized carbons (Fsp3) is 0.304. The van der Waals surface area contributed by atoms with Gasteiger partial charge >= 0.3 is 0 Å². The number of aryl methyl sites for hydroxylation is 1. The highest BCUT2D eigenvalue weighted by atomic mass is 32.2. The van der Waals surface area contributed by atoms with Crippen LogP contribution in [-0.4, -0.2) is 77.0 Å². The second-order valence-electron chi connectivity index (χ2n) is 8.36. The van der Waals surface area contributed by atoms with E-state index in [1.54, 1.807) is 30.4 Å². The van der Waals surface area contributed by atoms with Gasteiger partial charge in [-0.25, -0.2) is 23.4 Å². The van der Waals surface area contributed by atoms with E-state index >= 15 is 0 Å². The van der Waals surface area contributed by atoms with Gasteiger partial charge in [-0.1, -0.05) is 6.07 Å². The van der Waals surface area contributed by atoms with Crippen molar-refractivity contribution in [3.05, 3.63) is 49.1 Å². The van der Waals surface area contributed by atoms with Gasteiger partial charge in [0.05, 0.1) is 25.2 Å². The van der Waals surface area contributed by atoms with E-state index in [4.69, 9.17) is 9.72 Å². The predicted octanol–water partition coefficient (Wildman–Crippen LogP) is 2.26. The molecule has 35 heavy (non-hydrogen) atoms. The summed E-state index contributed by atoms with van der Waals surface area (Å²) in [6.07, 6.45) is 8.45. The first kappa shape index (κ1) is 23.0. The Balaban J connectivity index is 1.42. The molecule has 4 aromatic rings. The molecule has 1 N–H and O–H groups in total. The Morgan fingerprint density at radius 2 is 1.83 bits per heavy atom. The zero-order valence-electron chi connectivity index (χ0n) is 19.7. The van der Waals surface area contributed by atoms with Gasteiger partial charge in [-0.2, -0.15) is 9.40 Å². The first-order valence-corrected chi connectivity index (χ1v) is 12.9. The van der Waals surface area contributed by atoms with Crippen molar-refractivity contribution in [1.29, 1.82) is 0 Å². The number of hydrogen-bond acceptors (Lipinski definition) is 9. The maximum absolute atomic E-state index is 11.9. The first-order chi connectivity index (χ1) is 16.8. The first-order valence-electron chi connectivity index (χ1n) is 11.1. The molecule has 182 valence electrons. The van der Waals surface area contributed by atoms with E-state index in [-0.39, 0.29) is 0 Å². The maximum atomic E-state index is 11.9. The van der Waals surface area contributed by atoms with Gasteiger partial charge in [0, 0.05) is 62.8 Å². The highest BCUT2D eigenvalue weighted by Crippen LogP contribution is 2.33. The van der Waals surface area contributed by atoms with Gasteiger partial charge in [0.2, 0.25) is 16.0 Å². The third-order valence-electron chi connectivity index (χ3n) is 5.97. The average Bonchev–Trinajstić information content (AvgIpc) is 3.29. The van der Waals surface area contributed by atoms with Crippen molar-refractivity contribution in [2.75, 3.05) is 49.8 Å². The monoisotopic (exact) mass is 494 g/mol. The van der Waals surface area contributed by atoms with Crippen LogP contribution in [0.4, 0.5) is 17.5 Å². The zero-order chi connectivity index (χ0) is 24.6. The Bertz CT molecular complexity index is 1480. The van der Waals surface area contributed by atoms with Crippen LogP contribution in [0, 0.1) is 0 Å². The number of nitrogens with zero attached hydrogens (tertiary/aromatic N) is 7. The van der Waals surface area contributed by atoms with Crippen molar-refractivity contribution in [3.63, 3.8) is 0 Å². The topological polar surface area (TPSA) is 118 Å². The van der Waals surface area contributed by atoms with Crippen molar-refractivity contribution in [2.45, 2.75) is 0 Å². The van der Waals surface area contributed by atoms with E-state index in [2.05, 4.69) is 25.3 Å². The van der Waals surface area contributed by atoms with Crippen molar-refractivity contribution in [2.24, 2.45) is 7.05 Å². The molecular formula is C23H26N8O3S. The van der Waals surface area contributed by atoms with Crippen molar-refractivity contribution >= 4 is 38.4 Å². The van der Waals surface area contributed by atoms with E-state index in [9.17, 15) is 8.42 Å². The van der Waals surface area contributed by atoms with E-state index in [0.29, 0.717) is 49.2 Å². The molecule has 1 aliphatic rings. The second kappa shape index (κ2) is 9.12. The number of pyridine rings is 1. The van der Waals surface area contributed by atoms with Gasteiger partial charge in [-0.05, 0) is 23.8 Å². The van der Waals surface area contributed by atoms with E-state index in [1.807, 2.05) is 37.5 Å². The largest absolute Gasteiger partial charge is 0.495 e. The van der Waals surface area contributed by atoms with Crippen LogP contribution in [0.2, 0.25) is 0 Å². The van der Waals surface area contributed by atoms with Gasteiger partial charge in [-0.15, -0.1) is 0 Å². The molecule has 1 saturated heterocycles. The molecule has 0 radical (unpaired) electrons. The van der Waals surface area contributed by atoms with Crippen LogP contribution in [-0.2, 0) is 17.1 Å². The lowest BCUT2D eigenvalue weighted by Crippen LogP contribution is -2.48. The van der Waals surface area contributed by atoms with Crippen LogP contribution >= 0.6 is 0 Å². The highest BCUT2D eigenvalue weighted by Gasteiger charge is 2.25. The number of methoxy groups -OCH3 is 1. The van der Waals surface area contributed by atoms with Gasteiger partial charge in [-0.3, -0.25) is 4.68 Å². The fourth-order valence-corrected chi connectivity index (χ4v) is 4.96. The second-order valence-corrected chi connectivity index (χ2v) is 10.3. The Hall–Kier alpha value is -3.77. The Labute approximate surface area is 203 Å². The predicted molar refractivity (Wildman–Crippen MR) is 134 cm³/mol. The molecule has 0 aliphatic carbocycles. The molecule has 0 unspecified atom stereocenters. The minimum atomic E-state index is -3.21. The fourth-order valence-electron chi connectivity index (χ4n) is 4.13. The Kier molecular flexibility index (Phi) is 5.99. The lowest BCUT2D eigenvalue weighted by Gasteiger charge is -2.34. The van der Waals surface area contributed by atoms with Crippen LogP contribution in [0.25, 0.3) is 22.0 Å². The summed E-state index contributed by atoms with van der Waals surface area (Å²) in [5, 5.41) is 8.33. The Morgan fingerprint density at radius 3 is 2.51 bits per heavy atom. The summed E-state index contributed by atoms with van der Waals surface area (Å²) >= 11 is 0. The van der Waals surface area contributed by atoms with Gasteiger partial charge in [0.25, 0.3) is 0 Å². The minimum absolute atomic E-state index is 0.410. The number of anilines is 3.